The van der Waals surface area contributed by atoms with E-state index < -0.39 is 35.1 Å². The summed E-state index contributed by atoms with van der Waals surface area (Å²) in [6.45, 7) is -1.14. The van der Waals surface area contributed by atoms with Crippen molar-refractivity contribution in [2.24, 2.45) is 0 Å². The molecule has 1 aliphatic rings. The second-order valence-corrected chi connectivity index (χ2v) is 8.94. The molecular weight excluding hydrogens is 441 g/mol. The Balaban J connectivity index is 1.61. The molecule has 0 saturated heterocycles. The van der Waals surface area contributed by atoms with Gasteiger partial charge in [0.15, 0.2) is 6.04 Å². The van der Waals surface area contributed by atoms with Crippen LogP contribution in [0.4, 0.5) is 4.79 Å². The highest BCUT2D eigenvalue weighted by Crippen LogP contribution is 2.44. The number of carbonyl (C=O) groups is 2. The maximum Gasteiger partial charge on any atom is 0.407 e. The highest BCUT2D eigenvalue weighted by molar-refractivity contribution is 6.67. The lowest BCUT2D eigenvalue weighted by atomic mass is 9.98. The molecule has 154 valence electrons. The van der Waals surface area contributed by atoms with Crippen LogP contribution in [-0.4, -0.2) is 46.8 Å². The zero-order valence-corrected chi connectivity index (χ0v) is 17.4. The SMILES string of the molecule is O=C(N[C@H](CO)C(=O)OCC(Cl)(Cl)Cl)OCC1c2ccccc2-c2ccccc21. The van der Waals surface area contributed by atoms with E-state index in [9.17, 15) is 14.7 Å². The number of hydrogen-bond acceptors (Lipinski definition) is 5. The monoisotopic (exact) mass is 457 g/mol. The van der Waals surface area contributed by atoms with Crippen molar-refractivity contribution < 1.29 is 24.2 Å². The lowest BCUT2D eigenvalue weighted by molar-refractivity contribution is -0.146. The van der Waals surface area contributed by atoms with Crippen LogP contribution in [0.3, 0.4) is 0 Å². The average Bonchev–Trinajstić information content (AvgIpc) is 3.02. The van der Waals surface area contributed by atoms with Crippen LogP contribution in [0.25, 0.3) is 11.1 Å². The predicted molar refractivity (Wildman–Crippen MR) is 110 cm³/mol. The van der Waals surface area contributed by atoms with Crippen molar-refractivity contribution in [2.45, 2.75) is 15.8 Å². The number of ether oxygens (including phenoxy) is 2. The summed E-state index contributed by atoms with van der Waals surface area (Å²) in [7, 11) is 0. The van der Waals surface area contributed by atoms with Gasteiger partial charge in [0.05, 0.1) is 6.61 Å². The Morgan fingerprint density at radius 3 is 2.07 bits per heavy atom. The molecule has 0 spiro atoms. The number of aliphatic hydroxyl groups is 1. The van der Waals surface area contributed by atoms with Gasteiger partial charge in [0, 0.05) is 5.92 Å². The topological polar surface area (TPSA) is 84.9 Å². The number of rotatable bonds is 6. The molecule has 2 aromatic carbocycles. The molecule has 1 amide bonds. The molecule has 6 nitrogen and oxygen atoms in total. The van der Waals surface area contributed by atoms with E-state index in [-0.39, 0.29) is 12.5 Å². The highest BCUT2D eigenvalue weighted by Gasteiger charge is 2.30. The molecule has 9 heteroatoms. The first-order valence-corrected chi connectivity index (χ1v) is 9.89. The molecule has 0 fully saturated rings. The highest BCUT2D eigenvalue weighted by atomic mass is 35.6. The van der Waals surface area contributed by atoms with E-state index in [1.807, 2.05) is 48.5 Å². The number of aliphatic hydroxyl groups excluding tert-OH is 1. The Kier molecular flexibility index (Phi) is 6.90. The van der Waals surface area contributed by atoms with E-state index in [1.54, 1.807) is 0 Å². The molecule has 2 N–H and O–H groups in total. The molecule has 1 aliphatic carbocycles. The minimum Gasteiger partial charge on any atom is -0.460 e. The number of nitrogens with one attached hydrogen (secondary N) is 1. The van der Waals surface area contributed by atoms with Gasteiger partial charge in [-0.3, -0.25) is 0 Å². The first kappa shape index (κ1) is 21.7. The first-order chi connectivity index (χ1) is 13.8. The number of fused-ring (bicyclic) bond motifs is 3. The molecular formula is C20H18Cl3NO5. The Morgan fingerprint density at radius 1 is 1.00 bits per heavy atom. The van der Waals surface area contributed by atoms with E-state index in [2.05, 4.69) is 5.32 Å². The van der Waals surface area contributed by atoms with E-state index in [0.717, 1.165) is 22.3 Å². The minimum atomic E-state index is -1.79. The van der Waals surface area contributed by atoms with Gasteiger partial charge in [-0.25, -0.2) is 9.59 Å². The van der Waals surface area contributed by atoms with E-state index >= 15 is 0 Å². The molecule has 29 heavy (non-hydrogen) atoms. The lowest BCUT2D eigenvalue weighted by Crippen LogP contribution is -2.45. The Bertz CT molecular complexity index is 854. The Morgan fingerprint density at radius 2 is 1.55 bits per heavy atom. The summed E-state index contributed by atoms with van der Waals surface area (Å²) in [6.07, 6.45) is -0.864. The molecule has 0 heterocycles. The number of alkyl carbamates (subject to hydrolysis) is 1. The Hall–Kier alpha value is -1.99. The maximum absolute atomic E-state index is 12.2. The number of halogens is 3. The zero-order chi connectivity index (χ0) is 21.0. The molecule has 0 unspecified atom stereocenters. The van der Waals surface area contributed by atoms with Crippen LogP contribution in [0, 0.1) is 0 Å². The fourth-order valence-electron chi connectivity index (χ4n) is 3.21. The largest absolute Gasteiger partial charge is 0.460 e. The fraction of sp³-hybridized carbons (Fsp3) is 0.300. The van der Waals surface area contributed by atoms with Gasteiger partial charge in [0.1, 0.15) is 13.2 Å². The third-order valence-corrected chi connectivity index (χ3v) is 4.81. The van der Waals surface area contributed by atoms with Gasteiger partial charge in [0.25, 0.3) is 0 Å². The van der Waals surface area contributed by atoms with E-state index in [1.165, 1.54) is 0 Å². The van der Waals surface area contributed by atoms with Crippen molar-refractivity contribution in [2.75, 3.05) is 19.8 Å². The number of carbonyl (C=O) groups excluding carboxylic acids is 2. The number of benzene rings is 2. The summed E-state index contributed by atoms with van der Waals surface area (Å²) >= 11 is 16.5. The summed E-state index contributed by atoms with van der Waals surface area (Å²) in [5.74, 6) is -1.07. The molecule has 2 aromatic rings. The van der Waals surface area contributed by atoms with Gasteiger partial charge in [-0.1, -0.05) is 83.3 Å². The standard InChI is InChI=1S/C20H18Cl3NO5/c21-20(22,23)11-29-18(26)17(9-25)24-19(27)28-10-16-14-7-3-1-5-12(14)13-6-2-4-8-15(13)16/h1-8,16-17,25H,9-11H2,(H,24,27)/t17-/m1/s1. The summed E-state index contributed by atoms with van der Waals surface area (Å²) in [6, 6.07) is 14.5. The van der Waals surface area contributed by atoms with Gasteiger partial charge < -0.3 is 19.9 Å². The smallest absolute Gasteiger partial charge is 0.407 e. The third kappa shape index (κ3) is 5.34. The van der Waals surface area contributed by atoms with Crippen molar-refractivity contribution >= 4 is 46.9 Å². The minimum absolute atomic E-state index is 0.0706. The van der Waals surface area contributed by atoms with Crippen LogP contribution in [0.15, 0.2) is 48.5 Å². The second kappa shape index (κ2) is 9.22. The van der Waals surface area contributed by atoms with Gasteiger partial charge in [-0.05, 0) is 22.3 Å². The average molecular weight is 459 g/mol. The number of alkyl halides is 3. The van der Waals surface area contributed by atoms with Gasteiger partial charge >= 0.3 is 12.1 Å². The summed E-state index contributed by atoms with van der Waals surface area (Å²) in [5, 5.41) is 11.6. The molecule has 0 aromatic heterocycles. The predicted octanol–water partition coefficient (Wildman–Crippen LogP) is 3.80. The Labute approximate surface area is 182 Å². The molecule has 0 saturated carbocycles. The number of esters is 1. The van der Waals surface area contributed by atoms with Crippen molar-refractivity contribution in [1.82, 2.24) is 5.32 Å². The van der Waals surface area contributed by atoms with E-state index in [4.69, 9.17) is 44.3 Å². The number of hydrogen-bond donors (Lipinski definition) is 2. The van der Waals surface area contributed by atoms with Crippen molar-refractivity contribution in [3.63, 3.8) is 0 Å². The molecule has 0 aliphatic heterocycles. The van der Waals surface area contributed by atoms with Gasteiger partial charge in [-0.15, -0.1) is 0 Å². The van der Waals surface area contributed by atoms with Crippen LogP contribution in [0.5, 0.6) is 0 Å². The molecule has 1 atom stereocenters. The quantitative estimate of drug-likeness (QED) is 0.508. The van der Waals surface area contributed by atoms with Crippen LogP contribution in [0.2, 0.25) is 0 Å². The normalized spacial score (nSPS) is 13.9. The second-order valence-electron chi connectivity index (χ2n) is 6.43. The van der Waals surface area contributed by atoms with Crippen molar-refractivity contribution in [1.29, 1.82) is 0 Å². The third-order valence-electron chi connectivity index (χ3n) is 4.48. The molecule has 3 rings (SSSR count). The van der Waals surface area contributed by atoms with Crippen LogP contribution >= 0.6 is 34.8 Å². The van der Waals surface area contributed by atoms with Crippen molar-refractivity contribution in [3.8, 4) is 11.1 Å². The summed E-state index contributed by atoms with van der Waals surface area (Å²) < 4.78 is 8.29. The first-order valence-electron chi connectivity index (χ1n) is 8.76. The van der Waals surface area contributed by atoms with Crippen molar-refractivity contribution in [3.05, 3.63) is 59.7 Å². The van der Waals surface area contributed by atoms with Crippen LogP contribution < -0.4 is 5.32 Å². The molecule has 0 bridgehead atoms. The maximum atomic E-state index is 12.2. The van der Waals surface area contributed by atoms with E-state index in [0.29, 0.717) is 0 Å². The molecule has 0 radical (unpaired) electrons. The van der Waals surface area contributed by atoms with Crippen LogP contribution in [0.1, 0.15) is 17.0 Å². The number of amides is 1. The lowest BCUT2D eigenvalue weighted by Gasteiger charge is -2.19. The van der Waals surface area contributed by atoms with Gasteiger partial charge in [0.2, 0.25) is 3.79 Å². The summed E-state index contributed by atoms with van der Waals surface area (Å²) in [4.78, 5) is 24.1. The fourth-order valence-corrected chi connectivity index (χ4v) is 3.38. The zero-order valence-electron chi connectivity index (χ0n) is 15.1. The van der Waals surface area contributed by atoms with Crippen LogP contribution in [-0.2, 0) is 14.3 Å². The summed E-state index contributed by atoms with van der Waals surface area (Å²) in [5.41, 5.74) is 4.31. The van der Waals surface area contributed by atoms with Gasteiger partial charge in [-0.2, -0.15) is 0 Å².